The summed E-state index contributed by atoms with van der Waals surface area (Å²) in [6, 6.07) is 8.98. The van der Waals surface area contributed by atoms with E-state index < -0.39 is 26.6 Å². The van der Waals surface area contributed by atoms with Crippen LogP contribution < -0.4 is 4.74 Å². The molecule has 2 aromatic rings. The fourth-order valence-electron chi connectivity index (χ4n) is 3.18. The van der Waals surface area contributed by atoms with Gasteiger partial charge in [0.2, 0.25) is 10.0 Å². The normalized spacial score (nSPS) is 16.3. The van der Waals surface area contributed by atoms with Gasteiger partial charge in [0, 0.05) is 30.6 Å². The second kappa shape index (κ2) is 7.74. The van der Waals surface area contributed by atoms with Gasteiger partial charge in [-0.2, -0.15) is 4.31 Å². The molecule has 0 aliphatic carbocycles. The average molecular weight is 395 g/mol. The van der Waals surface area contributed by atoms with Gasteiger partial charge in [0.25, 0.3) is 0 Å². The maximum Gasteiger partial charge on any atom is 0.243 e. The van der Waals surface area contributed by atoms with Crippen molar-refractivity contribution in [1.82, 2.24) is 4.31 Å². The van der Waals surface area contributed by atoms with E-state index in [-0.39, 0.29) is 24.8 Å². The molecule has 1 aliphatic rings. The number of nitrogens with zero attached hydrogens (tertiary/aromatic N) is 1. The molecule has 144 valence electrons. The summed E-state index contributed by atoms with van der Waals surface area (Å²) in [5, 5.41) is 0. The molecular weight excluding hydrogens is 376 g/mol. The molecule has 1 saturated heterocycles. The number of hydrogen-bond donors (Lipinski definition) is 0. The van der Waals surface area contributed by atoms with Crippen molar-refractivity contribution in [2.24, 2.45) is 5.92 Å². The van der Waals surface area contributed by atoms with E-state index in [4.69, 9.17) is 4.74 Å². The molecule has 3 rings (SSSR count). The first-order valence-electron chi connectivity index (χ1n) is 8.46. The molecule has 0 aromatic heterocycles. The summed E-state index contributed by atoms with van der Waals surface area (Å²) < 4.78 is 58.2. The zero-order valence-corrected chi connectivity index (χ0v) is 15.5. The molecule has 0 bridgehead atoms. The molecule has 2 aromatic carbocycles. The number of piperidine rings is 1. The van der Waals surface area contributed by atoms with E-state index in [9.17, 15) is 22.0 Å². The number of methoxy groups -OCH3 is 1. The SMILES string of the molecule is COc1ccc(C(=O)C2CCN(S(=O)(=O)c3cc(F)cc(F)c3)CC2)cc1. The zero-order valence-electron chi connectivity index (χ0n) is 14.7. The Morgan fingerprint density at radius 2 is 1.59 bits per heavy atom. The fourth-order valence-corrected chi connectivity index (χ4v) is 4.69. The summed E-state index contributed by atoms with van der Waals surface area (Å²) in [5.74, 6) is -1.59. The number of sulfonamides is 1. The van der Waals surface area contributed by atoms with Crippen LogP contribution in [-0.4, -0.2) is 38.7 Å². The average Bonchev–Trinajstić information content (AvgIpc) is 2.67. The number of hydrogen-bond acceptors (Lipinski definition) is 4. The quantitative estimate of drug-likeness (QED) is 0.729. The van der Waals surface area contributed by atoms with Gasteiger partial charge in [0.05, 0.1) is 12.0 Å². The Morgan fingerprint density at radius 3 is 2.11 bits per heavy atom. The molecule has 1 heterocycles. The van der Waals surface area contributed by atoms with Crippen LogP contribution in [0.5, 0.6) is 5.75 Å². The lowest BCUT2D eigenvalue weighted by Gasteiger charge is -2.30. The highest BCUT2D eigenvalue weighted by Gasteiger charge is 2.32. The highest BCUT2D eigenvalue weighted by atomic mass is 32.2. The van der Waals surface area contributed by atoms with Crippen molar-refractivity contribution in [2.75, 3.05) is 20.2 Å². The number of benzene rings is 2. The van der Waals surface area contributed by atoms with E-state index in [1.807, 2.05) is 0 Å². The van der Waals surface area contributed by atoms with E-state index in [0.717, 1.165) is 12.1 Å². The van der Waals surface area contributed by atoms with E-state index in [1.165, 1.54) is 11.4 Å². The number of rotatable bonds is 5. The third-order valence-electron chi connectivity index (χ3n) is 4.67. The highest BCUT2D eigenvalue weighted by molar-refractivity contribution is 7.89. The van der Waals surface area contributed by atoms with Crippen molar-refractivity contribution < 1.29 is 26.7 Å². The zero-order chi connectivity index (χ0) is 19.6. The van der Waals surface area contributed by atoms with Crippen LogP contribution in [0.1, 0.15) is 23.2 Å². The van der Waals surface area contributed by atoms with Crippen molar-refractivity contribution in [2.45, 2.75) is 17.7 Å². The Morgan fingerprint density at radius 1 is 1.04 bits per heavy atom. The molecule has 1 fully saturated rings. The molecule has 0 unspecified atom stereocenters. The molecule has 8 heteroatoms. The van der Waals surface area contributed by atoms with Gasteiger partial charge in [0.15, 0.2) is 5.78 Å². The van der Waals surface area contributed by atoms with Gasteiger partial charge in [-0.3, -0.25) is 4.79 Å². The molecule has 0 saturated carbocycles. The maximum atomic E-state index is 13.4. The van der Waals surface area contributed by atoms with Gasteiger partial charge >= 0.3 is 0 Å². The molecule has 27 heavy (non-hydrogen) atoms. The Hall–Kier alpha value is -2.32. The number of carbonyl (C=O) groups excluding carboxylic acids is 1. The van der Waals surface area contributed by atoms with Crippen molar-refractivity contribution in [3.8, 4) is 5.75 Å². The number of carbonyl (C=O) groups is 1. The van der Waals surface area contributed by atoms with Crippen LogP contribution >= 0.6 is 0 Å². The summed E-state index contributed by atoms with van der Waals surface area (Å²) >= 11 is 0. The molecule has 0 atom stereocenters. The van der Waals surface area contributed by atoms with E-state index in [2.05, 4.69) is 0 Å². The van der Waals surface area contributed by atoms with Crippen LogP contribution in [0.3, 0.4) is 0 Å². The lowest BCUT2D eigenvalue weighted by Crippen LogP contribution is -2.40. The van der Waals surface area contributed by atoms with Crippen molar-refractivity contribution >= 4 is 15.8 Å². The molecular formula is C19H19F2NO4S. The summed E-state index contributed by atoms with van der Waals surface area (Å²) in [5.41, 5.74) is 0.546. The van der Waals surface area contributed by atoms with Gasteiger partial charge in [-0.05, 0) is 49.2 Å². The maximum absolute atomic E-state index is 13.4. The molecule has 0 amide bonds. The Balaban J connectivity index is 1.69. The monoisotopic (exact) mass is 395 g/mol. The largest absolute Gasteiger partial charge is 0.497 e. The molecule has 1 aliphatic heterocycles. The minimum absolute atomic E-state index is 0.0495. The predicted octanol–water partition coefficient (Wildman–Crippen LogP) is 3.26. The minimum atomic E-state index is -4.00. The van der Waals surface area contributed by atoms with Crippen LogP contribution in [-0.2, 0) is 10.0 Å². The van der Waals surface area contributed by atoms with E-state index >= 15 is 0 Å². The van der Waals surface area contributed by atoms with E-state index in [0.29, 0.717) is 30.2 Å². The molecule has 0 spiro atoms. The van der Waals surface area contributed by atoms with E-state index in [1.54, 1.807) is 24.3 Å². The summed E-state index contributed by atoms with van der Waals surface area (Å²) in [6.07, 6.45) is 0.698. The third kappa shape index (κ3) is 4.17. The van der Waals surface area contributed by atoms with Gasteiger partial charge in [-0.1, -0.05) is 0 Å². The molecule has 0 N–H and O–H groups in total. The van der Waals surface area contributed by atoms with Gasteiger partial charge < -0.3 is 4.74 Å². The number of Topliss-reactive ketones (excluding diaryl/α,β-unsaturated/α-hetero) is 1. The Labute approximate surface area is 156 Å². The lowest BCUT2D eigenvalue weighted by molar-refractivity contribution is 0.0875. The van der Waals surface area contributed by atoms with Crippen LogP contribution in [0.2, 0.25) is 0 Å². The van der Waals surface area contributed by atoms with Crippen LogP contribution in [0.4, 0.5) is 8.78 Å². The third-order valence-corrected chi connectivity index (χ3v) is 6.55. The second-order valence-corrected chi connectivity index (χ2v) is 8.31. The molecule has 0 radical (unpaired) electrons. The highest BCUT2D eigenvalue weighted by Crippen LogP contribution is 2.27. The topological polar surface area (TPSA) is 63.7 Å². The van der Waals surface area contributed by atoms with Gasteiger partial charge in [-0.25, -0.2) is 17.2 Å². The fraction of sp³-hybridized carbons (Fsp3) is 0.316. The lowest BCUT2D eigenvalue weighted by atomic mass is 9.89. The minimum Gasteiger partial charge on any atom is -0.497 e. The first kappa shape index (κ1) is 19.4. The standard InChI is InChI=1S/C19H19F2NO4S/c1-26-17-4-2-13(3-5-17)19(23)14-6-8-22(9-7-14)27(24,25)18-11-15(20)10-16(21)12-18/h2-5,10-12,14H,6-9H2,1H3. The van der Waals surface area contributed by atoms with Crippen molar-refractivity contribution in [1.29, 1.82) is 0 Å². The predicted molar refractivity (Wildman–Crippen MR) is 95.2 cm³/mol. The smallest absolute Gasteiger partial charge is 0.243 e. The number of halogens is 2. The second-order valence-electron chi connectivity index (χ2n) is 6.38. The van der Waals surface area contributed by atoms with Gasteiger partial charge in [0.1, 0.15) is 17.4 Å². The van der Waals surface area contributed by atoms with Crippen LogP contribution in [0.25, 0.3) is 0 Å². The first-order chi connectivity index (χ1) is 12.8. The summed E-state index contributed by atoms with van der Waals surface area (Å²) in [4.78, 5) is 12.2. The number of ether oxygens (including phenoxy) is 1. The summed E-state index contributed by atoms with van der Waals surface area (Å²) in [7, 11) is -2.47. The van der Waals surface area contributed by atoms with Crippen molar-refractivity contribution in [3.05, 3.63) is 59.7 Å². The summed E-state index contributed by atoms with van der Waals surface area (Å²) in [6.45, 7) is 0.236. The van der Waals surface area contributed by atoms with Gasteiger partial charge in [-0.15, -0.1) is 0 Å². The first-order valence-corrected chi connectivity index (χ1v) is 9.90. The van der Waals surface area contributed by atoms with Crippen molar-refractivity contribution in [3.63, 3.8) is 0 Å². The Kier molecular flexibility index (Phi) is 5.57. The number of ketones is 1. The Bertz CT molecular complexity index is 916. The van der Waals surface area contributed by atoms with Crippen LogP contribution in [0.15, 0.2) is 47.4 Å². The van der Waals surface area contributed by atoms with Crippen LogP contribution in [0, 0.1) is 17.6 Å². The molecule has 5 nitrogen and oxygen atoms in total.